The zero-order valence-electron chi connectivity index (χ0n) is 9.68. The predicted octanol–water partition coefficient (Wildman–Crippen LogP) is 0.560. The third-order valence-electron chi connectivity index (χ3n) is 2.62. The van der Waals surface area contributed by atoms with Crippen LogP contribution in [0.4, 0.5) is 8.78 Å². The van der Waals surface area contributed by atoms with Gasteiger partial charge < -0.3 is 5.73 Å². The second-order valence-electron chi connectivity index (χ2n) is 3.98. The van der Waals surface area contributed by atoms with Crippen molar-refractivity contribution in [1.82, 2.24) is 14.3 Å². The summed E-state index contributed by atoms with van der Waals surface area (Å²) in [7, 11) is 1.55. The Hall–Kier alpha value is -2.02. The van der Waals surface area contributed by atoms with Crippen molar-refractivity contribution in [2.24, 2.45) is 12.8 Å². The van der Waals surface area contributed by atoms with Crippen molar-refractivity contribution in [2.45, 2.75) is 12.6 Å². The van der Waals surface area contributed by atoms with E-state index in [1.807, 2.05) is 0 Å². The van der Waals surface area contributed by atoms with E-state index >= 15 is 0 Å². The molecule has 0 fully saturated rings. The number of hydrogen-bond acceptors (Lipinski definition) is 3. The molecule has 0 bridgehead atoms. The summed E-state index contributed by atoms with van der Waals surface area (Å²) in [6.07, 6.45) is 1.34. The Morgan fingerprint density at radius 3 is 2.72 bits per heavy atom. The number of benzene rings is 1. The van der Waals surface area contributed by atoms with E-state index < -0.39 is 17.7 Å². The van der Waals surface area contributed by atoms with Gasteiger partial charge in [-0.1, -0.05) is 6.07 Å². The van der Waals surface area contributed by atoms with Crippen molar-refractivity contribution in [3.05, 3.63) is 52.2 Å². The second kappa shape index (κ2) is 4.69. The normalized spacial score (nSPS) is 12.7. The number of aryl methyl sites for hydroxylation is 1. The first kappa shape index (κ1) is 12.4. The van der Waals surface area contributed by atoms with Crippen LogP contribution in [0.5, 0.6) is 0 Å². The topological polar surface area (TPSA) is 65.8 Å². The summed E-state index contributed by atoms with van der Waals surface area (Å²) in [5.74, 6) is -1.40. The van der Waals surface area contributed by atoms with Crippen molar-refractivity contribution in [3.8, 4) is 0 Å². The molecule has 1 aromatic heterocycles. The largest absolute Gasteiger partial charge is 0.345 e. The highest BCUT2D eigenvalue weighted by molar-refractivity contribution is 5.21. The molecule has 2 rings (SSSR count). The molecular formula is C11H12F2N4O. The molecule has 1 heterocycles. The molecule has 0 aliphatic heterocycles. The first-order valence-electron chi connectivity index (χ1n) is 5.28. The minimum Gasteiger partial charge on any atom is -0.322 e. The van der Waals surface area contributed by atoms with Gasteiger partial charge in [0, 0.05) is 18.7 Å². The molecule has 0 radical (unpaired) electrons. The Balaban J connectivity index is 2.24. The minimum atomic E-state index is -0.766. The SMILES string of the molecule is Cn1cnn(CC(N)c2ccc(F)cc2F)c1=O. The third-order valence-corrected chi connectivity index (χ3v) is 2.62. The van der Waals surface area contributed by atoms with Crippen LogP contribution in [0.15, 0.2) is 29.3 Å². The fraction of sp³-hybridized carbons (Fsp3) is 0.273. The number of rotatable bonds is 3. The van der Waals surface area contributed by atoms with Gasteiger partial charge in [-0.2, -0.15) is 5.10 Å². The molecule has 2 aromatic rings. The van der Waals surface area contributed by atoms with E-state index in [9.17, 15) is 13.6 Å². The Labute approximate surface area is 101 Å². The fourth-order valence-corrected chi connectivity index (χ4v) is 1.63. The van der Waals surface area contributed by atoms with Gasteiger partial charge in [-0.05, 0) is 6.07 Å². The molecule has 0 spiro atoms. The average Bonchev–Trinajstić information content (AvgIpc) is 2.61. The van der Waals surface area contributed by atoms with Gasteiger partial charge in [0.15, 0.2) is 0 Å². The number of aromatic nitrogens is 3. The lowest BCUT2D eigenvalue weighted by atomic mass is 10.1. The number of nitrogens with zero attached hydrogens (tertiary/aromatic N) is 3. The molecule has 5 nitrogen and oxygen atoms in total. The van der Waals surface area contributed by atoms with E-state index in [1.165, 1.54) is 17.0 Å². The van der Waals surface area contributed by atoms with Gasteiger partial charge in [0.25, 0.3) is 0 Å². The molecular weight excluding hydrogens is 242 g/mol. The molecule has 7 heteroatoms. The summed E-state index contributed by atoms with van der Waals surface area (Å²) < 4.78 is 28.6. The van der Waals surface area contributed by atoms with Gasteiger partial charge in [0.1, 0.15) is 18.0 Å². The predicted molar refractivity (Wildman–Crippen MR) is 60.8 cm³/mol. The summed E-state index contributed by atoms with van der Waals surface area (Å²) in [5, 5.41) is 3.82. The summed E-state index contributed by atoms with van der Waals surface area (Å²) in [4.78, 5) is 11.5. The molecule has 18 heavy (non-hydrogen) atoms. The molecule has 96 valence electrons. The van der Waals surface area contributed by atoms with Crippen LogP contribution in [-0.4, -0.2) is 14.3 Å². The van der Waals surface area contributed by atoms with Crippen LogP contribution in [0.2, 0.25) is 0 Å². The molecule has 2 N–H and O–H groups in total. The molecule has 1 atom stereocenters. The van der Waals surface area contributed by atoms with Crippen molar-refractivity contribution in [3.63, 3.8) is 0 Å². The van der Waals surface area contributed by atoms with Gasteiger partial charge in [0.2, 0.25) is 0 Å². The maximum Gasteiger partial charge on any atom is 0.345 e. The van der Waals surface area contributed by atoms with Crippen LogP contribution in [0.1, 0.15) is 11.6 Å². The number of halogens is 2. The summed E-state index contributed by atoms with van der Waals surface area (Å²) in [6.45, 7) is 0.0300. The maximum absolute atomic E-state index is 13.5. The van der Waals surface area contributed by atoms with E-state index in [0.29, 0.717) is 0 Å². The van der Waals surface area contributed by atoms with Crippen molar-refractivity contribution < 1.29 is 8.78 Å². The monoisotopic (exact) mass is 254 g/mol. The van der Waals surface area contributed by atoms with Crippen LogP contribution in [0.25, 0.3) is 0 Å². The molecule has 0 aliphatic carbocycles. The van der Waals surface area contributed by atoms with Crippen LogP contribution in [-0.2, 0) is 13.6 Å². The second-order valence-corrected chi connectivity index (χ2v) is 3.98. The van der Waals surface area contributed by atoms with Gasteiger partial charge in [0.05, 0.1) is 12.6 Å². The lowest BCUT2D eigenvalue weighted by molar-refractivity contribution is 0.483. The quantitative estimate of drug-likeness (QED) is 0.870. The summed E-state index contributed by atoms with van der Waals surface area (Å²) >= 11 is 0. The fourth-order valence-electron chi connectivity index (χ4n) is 1.63. The van der Waals surface area contributed by atoms with Gasteiger partial charge in [-0.15, -0.1) is 0 Å². The van der Waals surface area contributed by atoms with Crippen molar-refractivity contribution in [2.75, 3.05) is 0 Å². The average molecular weight is 254 g/mol. The van der Waals surface area contributed by atoms with Crippen LogP contribution in [0.3, 0.4) is 0 Å². The van der Waals surface area contributed by atoms with Crippen molar-refractivity contribution >= 4 is 0 Å². The molecule has 0 aliphatic rings. The zero-order chi connectivity index (χ0) is 13.3. The van der Waals surface area contributed by atoms with Crippen LogP contribution < -0.4 is 11.4 Å². The van der Waals surface area contributed by atoms with Gasteiger partial charge in [-0.25, -0.2) is 18.3 Å². The molecule has 0 saturated carbocycles. The Morgan fingerprint density at radius 2 is 2.17 bits per heavy atom. The highest BCUT2D eigenvalue weighted by atomic mass is 19.1. The van der Waals surface area contributed by atoms with Crippen LogP contribution in [0, 0.1) is 11.6 Å². The lowest BCUT2D eigenvalue weighted by Gasteiger charge is -2.12. The standard InChI is InChI=1S/C11H12F2N4O/c1-16-6-15-17(11(16)18)5-10(14)8-3-2-7(12)4-9(8)13/h2-4,6,10H,5,14H2,1H3. The van der Waals surface area contributed by atoms with Gasteiger partial charge in [-0.3, -0.25) is 4.57 Å². The maximum atomic E-state index is 13.5. The smallest absolute Gasteiger partial charge is 0.322 e. The molecule has 1 aromatic carbocycles. The Kier molecular flexibility index (Phi) is 3.24. The molecule has 0 saturated heterocycles. The Bertz CT molecular complexity index is 620. The molecule has 0 amide bonds. The zero-order valence-corrected chi connectivity index (χ0v) is 9.68. The van der Waals surface area contributed by atoms with E-state index in [0.717, 1.165) is 16.8 Å². The minimum absolute atomic E-state index is 0.0300. The van der Waals surface area contributed by atoms with E-state index in [-0.39, 0.29) is 17.8 Å². The van der Waals surface area contributed by atoms with E-state index in [2.05, 4.69) is 5.10 Å². The van der Waals surface area contributed by atoms with Crippen molar-refractivity contribution in [1.29, 1.82) is 0 Å². The highest BCUT2D eigenvalue weighted by Crippen LogP contribution is 2.16. The first-order chi connectivity index (χ1) is 8.49. The third kappa shape index (κ3) is 2.30. The van der Waals surface area contributed by atoms with Crippen LogP contribution >= 0.6 is 0 Å². The van der Waals surface area contributed by atoms with Gasteiger partial charge >= 0.3 is 5.69 Å². The number of hydrogen-bond donors (Lipinski definition) is 1. The van der Waals surface area contributed by atoms with E-state index in [4.69, 9.17) is 5.73 Å². The Morgan fingerprint density at radius 1 is 1.44 bits per heavy atom. The summed E-state index contributed by atoms with van der Waals surface area (Å²) in [6, 6.07) is 2.39. The van der Waals surface area contributed by atoms with E-state index in [1.54, 1.807) is 7.05 Å². The first-order valence-corrected chi connectivity index (χ1v) is 5.28. The molecule has 1 unspecified atom stereocenters. The highest BCUT2D eigenvalue weighted by Gasteiger charge is 2.14. The lowest BCUT2D eigenvalue weighted by Crippen LogP contribution is -2.28. The summed E-state index contributed by atoms with van der Waals surface area (Å²) in [5.41, 5.74) is 5.59. The number of nitrogens with two attached hydrogens (primary N) is 1.